The van der Waals surface area contributed by atoms with Crippen molar-refractivity contribution < 1.29 is 13.7 Å². The summed E-state index contributed by atoms with van der Waals surface area (Å²) in [7, 11) is 0. The zero-order valence-corrected chi connectivity index (χ0v) is 13.1. The summed E-state index contributed by atoms with van der Waals surface area (Å²) in [5, 5.41) is 5.16. The smallest absolute Gasteiger partial charge is 0.170 e. The zero-order valence-electron chi connectivity index (χ0n) is 13.1. The van der Waals surface area contributed by atoms with Crippen molar-refractivity contribution in [2.75, 3.05) is 19.6 Å². The third-order valence-electron chi connectivity index (χ3n) is 4.26. The van der Waals surface area contributed by atoms with E-state index in [1.165, 1.54) is 31.5 Å². The summed E-state index contributed by atoms with van der Waals surface area (Å²) in [4.78, 5) is 10.5. The molecule has 0 aliphatic carbocycles. The van der Waals surface area contributed by atoms with Crippen molar-refractivity contribution in [2.45, 2.75) is 38.5 Å². The standard InChI is InChI=1S/C16H21FN2O.CH2O/c1-2-3-8-19-9-6-12(7-10-19)16-14-5-4-13(17)11-15(14)20-18-16;1-2/h4-5,11-12H,2-3,6-10H2,1H3;1H2. The Balaban J connectivity index is 0.000000847. The van der Waals surface area contributed by atoms with Gasteiger partial charge in [-0.15, -0.1) is 0 Å². The molecule has 0 unspecified atom stereocenters. The average molecular weight is 306 g/mol. The van der Waals surface area contributed by atoms with Crippen LogP contribution in [0.2, 0.25) is 0 Å². The molecule has 120 valence electrons. The summed E-state index contributed by atoms with van der Waals surface area (Å²) < 4.78 is 18.4. The van der Waals surface area contributed by atoms with E-state index >= 15 is 0 Å². The van der Waals surface area contributed by atoms with Crippen LogP contribution in [0.25, 0.3) is 11.0 Å². The van der Waals surface area contributed by atoms with Crippen molar-refractivity contribution in [1.82, 2.24) is 10.1 Å². The van der Waals surface area contributed by atoms with Crippen LogP contribution < -0.4 is 0 Å². The first-order chi connectivity index (χ1) is 10.8. The van der Waals surface area contributed by atoms with Crippen LogP contribution in [0, 0.1) is 5.82 Å². The SMILES string of the molecule is C=O.CCCCN1CCC(c2noc3cc(F)ccc23)CC1. The number of piperidine rings is 1. The monoisotopic (exact) mass is 306 g/mol. The number of carbonyl (C=O) groups excluding carboxylic acids is 1. The maximum absolute atomic E-state index is 13.2. The third-order valence-corrected chi connectivity index (χ3v) is 4.26. The zero-order chi connectivity index (χ0) is 15.9. The van der Waals surface area contributed by atoms with E-state index in [9.17, 15) is 4.39 Å². The van der Waals surface area contributed by atoms with Gasteiger partial charge in [0, 0.05) is 17.4 Å². The Labute approximate surface area is 130 Å². The molecule has 0 amide bonds. The fourth-order valence-corrected chi connectivity index (χ4v) is 3.04. The molecule has 2 heterocycles. The molecule has 22 heavy (non-hydrogen) atoms. The quantitative estimate of drug-likeness (QED) is 0.863. The lowest BCUT2D eigenvalue weighted by Crippen LogP contribution is -2.33. The molecule has 0 saturated carbocycles. The van der Waals surface area contributed by atoms with Crippen LogP contribution in [0.1, 0.15) is 44.2 Å². The van der Waals surface area contributed by atoms with Crippen molar-refractivity contribution in [3.8, 4) is 0 Å². The van der Waals surface area contributed by atoms with Crippen LogP contribution in [-0.4, -0.2) is 36.5 Å². The summed E-state index contributed by atoms with van der Waals surface area (Å²) in [5.74, 6) is 0.175. The molecule has 1 fully saturated rings. The predicted octanol–water partition coefficient (Wildman–Crippen LogP) is 3.76. The van der Waals surface area contributed by atoms with Crippen LogP contribution in [0.5, 0.6) is 0 Å². The number of nitrogens with zero attached hydrogens (tertiary/aromatic N) is 2. The van der Waals surface area contributed by atoms with Gasteiger partial charge in [0.05, 0.1) is 5.69 Å². The van der Waals surface area contributed by atoms with Crippen molar-refractivity contribution in [3.63, 3.8) is 0 Å². The van der Waals surface area contributed by atoms with Crippen LogP contribution in [0.3, 0.4) is 0 Å². The number of fused-ring (bicyclic) bond motifs is 1. The molecule has 1 aliphatic rings. The maximum atomic E-state index is 13.2. The largest absolute Gasteiger partial charge is 0.356 e. The van der Waals surface area contributed by atoms with Crippen molar-refractivity contribution >= 4 is 17.8 Å². The summed E-state index contributed by atoms with van der Waals surface area (Å²) in [6.07, 6.45) is 4.75. The van der Waals surface area contributed by atoms with Gasteiger partial charge in [-0.3, -0.25) is 0 Å². The minimum Gasteiger partial charge on any atom is -0.356 e. The van der Waals surface area contributed by atoms with Crippen LogP contribution >= 0.6 is 0 Å². The Morgan fingerprint density at radius 1 is 1.36 bits per heavy atom. The Kier molecular flexibility index (Phi) is 6.07. The van der Waals surface area contributed by atoms with E-state index in [1.54, 1.807) is 6.07 Å². The second kappa shape index (κ2) is 8.03. The summed E-state index contributed by atoms with van der Waals surface area (Å²) in [6.45, 7) is 7.68. The molecule has 4 nitrogen and oxygen atoms in total. The van der Waals surface area contributed by atoms with Crippen LogP contribution in [0.15, 0.2) is 22.7 Å². The highest BCUT2D eigenvalue weighted by atomic mass is 19.1. The fourth-order valence-electron chi connectivity index (χ4n) is 3.04. The molecular formula is C17H23FN2O2. The normalized spacial score (nSPS) is 16.5. The Hall–Kier alpha value is -1.75. The molecule has 1 aromatic carbocycles. The highest BCUT2D eigenvalue weighted by Gasteiger charge is 2.24. The molecule has 0 bridgehead atoms. The molecule has 0 radical (unpaired) electrons. The summed E-state index contributed by atoms with van der Waals surface area (Å²) in [6, 6.07) is 4.70. The third kappa shape index (κ3) is 3.71. The molecule has 0 spiro atoms. The van der Waals surface area contributed by atoms with Gasteiger partial charge < -0.3 is 14.2 Å². The van der Waals surface area contributed by atoms with Gasteiger partial charge in [0.1, 0.15) is 12.6 Å². The molecular weight excluding hydrogens is 283 g/mol. The fraction of sp³-hybridized carbons (Fsp3) is 0.529. The predicted molar refractivity (Wildman–Crippen MR) is 84.4 cm³/mol. The topological polar surface area (TPSA) is 46.3 Å². The van der Waals surface area contributed by atoms with E-state index < -0.39 is 0 Å². The number of unbranched alkanes of at least 4 members (excludes halogenated alkanes) is 1. The van der Waals surface area contributed by atoms with Crippen LogP contribution in [-0.2, 0) is 4.79 Å². The van der Waals surface area contributed by atoms with Crippen LogP contribution in [0.4, 0.5) is 4.39 Å². The number of hydrogen-bond acceptors (Lipinski definition) is 4. The number of aromatic nitrogens is 1. The lowest BCUT2D eigenvalue weighted by Gasteiger charge is -2.31. The Morgan fingerprint density at radius 3 is 2.77 bits per heavy atom. The van der Waals surface area contributed by atoms with Gasteiger partial charge in [-0.2, -0.15) is 0 Å². The number of likely N-dealkylation sites (tertiary alicyclic amines) is 1. The number of carbonyl (C=O) groups is 1. The van der Waals surface area contributed by atoms with Gasteiger partial charge in [0.2, 0.25) is 0 Å². The summed E-state index contributed by atoms with van der Waals surface area (Å²) >= 11 is 0. The summed E-state index contributed by atoms with van der Waals surface area (Å²) in [5.41, 5.74) is 1.57. The number of benzene rings is 1. The molecule has 1 aromatic heterocycles. The maximum Gasteiger partial charge on any atom is 0.170 e. The van der Waals surface area contributed by atoms with Crippen molar-refractivity contribution in [2.24, 2.45) is 0 Å². The number of halogens is 1. The van der Waals surface area contributed by atoms with Crippen molar-refractivity contribution in [1.29, 1.82) is 0 Å². The Morgan fingerprint density at radius 2 is 2.09 bits per heavy atom. The lowest BCUT2D eigenvalue weighted by molar-refractivity contribution is -0.0979. The second-order valence-electron chi connectivity index (χ2n) is 5.68. The number of hydrogen-bond donors (Lipinski definition) is 0. The second-order valence-corrected chi connectivity index (χ2v) is 5.68. The van der Waals surface area contributed by atoms with Gasteiger partial charge in [0.25, 0.3) is 0 Å². The van der Waals surface area contributed by atoms with E-state index in [1.807, 2.05) is 6.79 Å². The van der Waals surface area contributed by atoms with Gasteiger partial charge in [-0.25, -0.2) is 4.39 Å². The molecule has 5 heteroatoms. The van der Waals surface area contributed by atoms with Gasteiger partial charge in [-0.1, -0.05) is 18.5 Å². The Bertz CT molecular complexity index is 591. The first-order valence-corrected chi connectivity index (χ1v) is 7.84. The molecule has 0 N–H and O–H groups in total. The van der Waals surface area contributed by atoms with E-state index in [2.05, 4.69) is 17.0 Å². The number of rotatable bonds is 4. The van der Waals surface area contributed by atoms with Gasteiger partial charge in [-0.05, 0) is 51.0 Å². The van der Waals surface area contributed by atoms with Gasteiger partial charge in [0.15, 0.2) is 5.58 Å². The first-order valence-electron chi connectivity index (χ1n) is 7.84. The van der Waals surface area contributed by atoms with E-state index in [0.717, 1.165) is 37.0 Å². The molecule has 3 rings (SSSR count). The van der Waals surface area contributed by atoms with E-state index in [0.29, 0.717) is 11.5 Å². The lowest BCUT2D eigenvalue weighted by atomic mass is 9.91. The molecule has 1 aliphatic heterocycles. The minimum atomic E-state index is -0.269. The van der Waals surface area contributed by atoms with Crippen molar-refractivity contribution in [3.05, 3.63) is 29.7 Å². The molecule has 1 saturated heterocycles. The average Bonchev–Trinajstić information content (AvgIpc) is 2.98. The highest BCUT2D eigenvalue weighted by molar-refractivity contribution is 5.79. The molecule has 2 aromatic rings. The first kappa shape index (κ1) is 16.6. The molecule has 0 atom stereocenters. The highest BCUT2D eigenvalue weighted by Crippen LogP contribution is 2.32. The van der Waals surface area contributed by atoms with E-state index in [4.69, 9.17) is 9.32 Å². The van der Waals surface area contributed by atoms with Gasteiger partial charge >= 0.3 is 0 Å². The van der Waals surface area contributed by atoms with E-state index in [-0.39, 0.29) is 5.82 Å². The minimum absolute atomic E-state index is 0.269.